The molecule has 1 aliphatic carbocycles. The molecule has 1 heterocycles. The summed E-state index contributed by atoms with van der Waals surface area (Å²) < 4.78 is 5.32. The molecule has 0 unspecified atom stereocenters. The first-order chi connectivity index (χ1) is 14.0. The highest BCUT2D eigenvalue weighted by molar-refractivity contribution is 5.82. The van der Waals surface area contributed by atoms with E-state index in [1.165, 1.54) is 6.08 Å². The molecule has 0 aromatic heterocycles. The summed E-state index contributed by atoms with van der Waals surface area (Å²) in [6.07, 6.45) is 20.0. The molecule has 1 aliphatic heterocycles. The number of hydrogen-bond acceptors (Lipinski definition) is 5. The Bertz CT molecular complexity index is 646. The van der Waals surface area contributed by atoms with Gasteiger partial charge < -0.3 is 20.1 Å². The SMILES string of the molecule is C[C@@H]1CCC[C@@H](O)/C=C\[C@H]2[C@@H](O)C[C@H](O)C[C@@H]2/C=C\C=C/C/C=C\C=C/C(=O)O1. The lowest BCUT2D eigenvalue weighted by molar-refractivity contribution is -0.142. The minimum atomic E-state index is -0.632. The van der Waals surface area contributed by atoms with E-state index in [9.17, 15) is 20.1 Å². The Kier molecular flexibility index (Phi) is 10.1. The van der Waals surface area contributed by atoms with Gasteiger partial charge in [-0.2, -0.15) is 0 Å². The van der Waals surface area contributed by atoms with Gasteiger partial charge in [-0.1, -0.05) is 54.7 Å². The third kappa shape index (κ3) is 8.94. The smallest absolute Gasteiger partial charge is 0.331 e. The number of fused-ring (bicyclic) bond motifs is 1. The van der Waals surface area contributed by atoms with E-state index < -0.39 is 18.3 Å². The number of allylic oxidation sites excluding steroid dienone is 7. The van der Waals surface area contributed by atoms with Crippen LogP contribution in [0.2, 0.25) is 0 Å². The van der Waals surface area contributed by atoms with Crippen LogP contribution in [-0.4, -0.2) is 45.7 Å². The Morgan fingerprint density at radius 1 is 0.931 bits per heavy atom. The van der Waals surface area contributed by atoms with Crippen molar-refractivity contribution < 1.29 is 24.9 Å². The second-order valence-corrected chi connectivity index (χ2v) is 7.90. The highest BCUT2D eigenvalue weighted by Crippen LogP contribution is 2.33. The van der Waals surface area contributed by atoms with E-state index >= 15 is 0 Å². The van der Waals surface area contributed by atoms with Crippen LogP contribution >= 0.6 is 0 Å². The van der Waals surface area contributed by atoms with Crippen molar-refractivity contribution in [3.63, 3.8) is 0 Å². The van der Waals surface area contributed by atoms with Crippen molar-refractivity contribution in [3.8, 4) is 0 Å². The summed E-state index contributed by atoms with van der Waals surface area (Å²) in [5.41, 5.74) is 0. The minimum Gasteiger partial charge on any atom is -0.460 e. The van der Waals surface area contributed by atoms with Crippen molar-refractivity contribution in [2.24, 2.45) is 11.8 Å². The zero-order valence-corrected chi connectivity index (χ0v) is 17.1. The van der Waals surface area contributed by atoms with Crippen LogP contribution in [0.4, 0.5) is 0 Å². The maximum Gasteiger partial charge on any atom is 0.331 e. The van der Waals surface area contributed by atoms with Gasteiger partial charge in [0.2, 0.25) is 0 Å². The number of esters is 1. The van der Waals surface area contributed by atoms with Gasteiger partial charge in [-0.3, -0.25) is 0 Å². The zero-order valence-electron chi connectivity index (χ0n) is 17.1. The Labute approximate surface area is 173 Å². The summed E-state index contributed by atoms with van der Waals surface area (Å²) in [5.74, 6) is -0.478. The number of carbonyl (C=O) groups excluding carboxylic acids is 1. The molecule has 0 aromatic carbocycles. The Morgan fingerprint density at radius 2 is 1.69 bits per heavy atom. The number of aliphatic hydroxyl groups is 3. The van der Waals surface area contributed by atoms with Gasteiger partial charge in [-0.25, -0.2) is 4.79 Å². The van der Waals surface area contributed by atoms with E-state index in [1.54, 1.807) is 12.2 Å². The predicted octanol–water partition coefficient (Wildman–Crippen LogP) is 3.38. The van der Waals surface area contributed by atoms with Crippen molar-refractivity contribution in [2.75, 3.05) is 0 Å². The number of cyclic esters (lactones) is 1. The quantitative estimate of drug-likeness (QED) is 0.427. The summed E-state index contributed by atoms with van der Waals surface area (Å²) in [6, 6.07) is 0. The van der Waals surface area contributed by atoms with E-state index in [2.05, 4.69) is 0 Å². The average Bonchev–Trinajstić information content (AvgIpc) is 2.65. The maximum atomic E-state index is 11.8. The topological polar surface area (TPSA) is 87.0 Å². The maximum absolute atomic E-state index is 11.8. The van der Waals surface area contributed by atoms with Crippen LogP contribution < -0.4 is 0 Å². The molecule has 3 N–H and O–H groups in total. The van der Waals surface area contributed by atoms with Crippen LogP contribution in [0, 0.1) is 11.8 Å². The van der Waals surface area contributed by atoms with Crippen molar-refractivity contribution in [1.82, 2.24) is 0 Å². The van der Waals surface area contributed by atoms with Crippen molar-refractivity contribution in [3.05, 3.63) is 60.8 Å². The molecule has 0 spiro atoms. The second kappa shape index (κ2) is 12.6. The largest absolute Gasteiger partial charge is 0.460 e. The molecule has 5 heteroatoms. The first-order valence-electron chi connectivity index (χ1n) is 10.6. The van der Waals surface area contributed by atoms with Gasteiger partial charge in [0.05, 0.1) is 24.4 Å². The van der Waals surface area contributed by atoms with E-state index in [1.807, 2.05) is 49.5 Å². The zero-order chi connectivity index (χ0) is 21.1. The minimum absolute atomic E-state index is 0.0188. The van der Waals surface area contributed by atoms with Crippen LogP contribution in [0.3, 0.4) is 0 Å². The average molecular weight is 403 g/mol. The third-order valence-electron chi connectivity index (χ3n) is 5.34. The van der Waals surface area contributed by atoms with Crippen LogP contribution in [0.5, 0.6) is 0 Å². The van der Waals surface area contributed by atoms with Gasteiger partial charge in [-0.05, 0) is 51.4 Å². The van der Waals surface area contributed by atoms with Crippen LogP contribution in [0.1, 0.15) is 45.4 Å². The number of rotatable bonds is 0. The lowest BCUT2D eigenvalue weighted by Gasteiger charge is -2.35. The normalized spacial score (nSPS) is 40.6. The molecule has 0 amide bonds. The van der Waals surface area contributed by atoms with Gasteiger partial charge in [0.25, 0.3) is 0 Å². The standard InChI is InChI=1S/C24H34O5/c1-18-10-9-12-20(25)14-15-22-19(16-21(26)17-23(22)27)11-7-5-3-2-4-6-8-13-24(28)29-18/h3-8,11,13-15,18-23,25-27H,2,9-10,12,16-17H2,1H3/b5-3-,6-4-,11-7-,13-8-,15-14-/t18-,19+,20-,21-,22-,23+/m1/s1. The summed E-state index contributed by atoms with van der Waals surface area (Å²) in [7, 11) is 0. The molecule has 0 radical (unpaired) electrons. The molecule has 1 saturated carbocycles. The molecule has 2 rings (SSSR count). The van der Waals surface area contributed by atoms with Crippen molar-refractivity contribution in [2.45, 2.75) is 69.9 Å². The molecule has 0 aromatic rings. The third-order valence-corrected chi connectivity index (χ3v) is 5.34. The van der Waals surface area contributed by atoms with Crippen LogP contribution in [-0.2, 0) is 9.53 Å². The lowest BCUT2D eigenvalue weighted by Crippen LogP contribution is -2.37. The van der Waals surface area contributed by atoms with E-state index in [0.717, 1.165) is 12.8 Å². The number of ether oxygens (including phenoxy) is 1. The molecular weight excluding hydrogens is 368 g/mol. The van der Waals surface area contributed by atoms with Gasteiger partial charge in [0.1, 0.15) is 0 Å². The number of hydrogen-bond donors (Lipinski definition) is 3. The summed E-state index contributed by atoms with van der Waals surface area (Å²) in [6.45, 7) is 1.85. The molecule has 160 valence electrons. The Morgan fingerprint density at radius 3 is 2.48 bits per heavy atom. The fraction of sp³-hybridized carbons (Fsp3) is 0.542. The highest BCUT2D eigenvalue weighted by Gasteiger charge is 2.33. The molecule has 0 bridgehead atoms. The summed E-state index contributed by atoms with van der Waals surface area (Å²) in [5, 5.41) is 30.7. The highest BCUT2D eigenvalue weighted by atomic mass is 16.5. The summed E-state index contributed by atoms with van der Waals surface area (Å²) in [4.78, 5) is 11.8. The van der Waals surface area contributed by atoms with Crippen molar-refractivity contribution >= 4 is 5.97 Å². The number of carbonyl (C=O) groups is 1. The summed E-state index contributed by atoms with van der Waals surface area (Å²) >= 11 is 0. The van der Waals surface area contributed by atoms with Crippen LogP contribution in [0.15, 0.2) is 60.8 Å². The predicted molar refractivity (Wildman–Crippen MR) is 114 cm³/mol. The monoisotopic (exact) mass is 402 g/mol. The van der Waals surface area contributed by atoms with Gasteiger partial charge in [-0.15, -0.1) is 0 Å². The molecule has 5 nitrogen and oxygen atoms in total. The van der Waals surface area contributed by atoms with Crippen LogP contribution in [0.25, 0.3) is 0 Å². The van der Waals surface area contributed by atoms with Gasteiger partial charge >= 0.3 is 5.97 Å². The molecule has 1 fully saturated rings. The fourth-order valence-corrected chi connectivity index (χ4v) is 3.76. The Balaban J connectivity index is 2.10. The van der Waals surface area contributed by atoms with Crippen molar-refractivity contribution in [1.29, 1.82) is 0 Å². The molecule has 2 aliphatic rings. The first kappa shape index (κ1) is 23.3. The second-order valence-electron chi connectivity index (χ2n) is 7.90. The first-order valence-corrected chi connectivity index (χ1v) is 10.6. The molecule has 29 heavy (non-hydrogen) atoms. The van der Waals surface area contributed by atoms with Gasteiger partial charge in [0.15, 0.2) is 0 Å². The lowest BCUT2D eigenvalue weighted by atomic mass is 9.75. The van der Waals surface area contributed by atoms with E-state index in [-0.39, 0.29) is 23.9 Å². The molecule has 0 saturated heterocycles. The van der Waals surface area contributed by atoms with E-state index in [4.69, 9.17) is 4.74 Å². The molecular formula is C24H34O5. The fourth-order valence-electron chi connectivity index (χ4n) is 3.76. The molecule has 6 atom stereocenters. The Hall–Kier alpha value is -1.95. The number of aliphatic hydroxyl groups excluding tert-OH is 3. The van der Waals surface area contributed by atoms with E-state index in [0.29, 0.717) is 25.7 Å². The van der Waals surface area contributed by atoms with Gasteiger partial charge in [0, 0.05) is 12.0 Å².